The Morgan fingerprint density at radius 2 is 1.81 bits per heavy atom. The second-order valence-electron chi connectivity index (χ2n) is 5.57. The van der Waals surface area contributed by atoms with Crippen LogP contribution < -0.4 is 5.73 Å². The summed E-state index contributed by atoms with van der Waals surface area (Å²) in [5.74, 6) is 0.552. The topological polar surface area (TPSA) is 56.7 Å². The fourth-order valence-corrected chi connectivity index (χ4v) is 3.12. The number of aromatic nitrogens is 3. The van der Waals surface area contributed by atoms with Gasteiger partial charge in [0.15, 0.2) is 0 Å². The van der Waals surface area contributed by atoms with Gasteiger partial charge in [-0.2, -0.15) is 0 Å². The van der Waals surface area contributed by atoms with Gasteiger partial charge >= 0.3 is 0 Å². The third-order valence-corrected chi connectivity index (χ3v) is 4.39. The Morgan fingerprint density at radius 3 is 2.52 bits per heavy atom. The number of nitrogen functional groups attached to an aromatic ring is 1. The molecule has 1 aromatic carbocycles. The van der Waals surface area contributed by atoms with Crippen LogP contribution in [0.25, 0.3) is 11.0 Å². The minimum Gasteiger partial charge on any atom is -0.383 e. The number of nitrogens with two attached hydrogens (primary N) is 1. The number of hydrogen-bond acceptors (Lipinski definition) is 3. The molecule has 4 nitrogen and oxygen atoms in total. The van der Waals surface area contributed by atoms with E-state index in [9.17, 15) is 0 Å². The van der Waals surface area contributed by atoms with E-state index in [2.05, 4.69) is 66.5 Å². The average Bonchev–Trinajstić information content (AvgIpc) is 2.72. The molecule has 2 heterocycles. The predicted octanol–water partition coefficient (Wildman–Crippen LogP) is 3.55. The van der Waals surface area contributed by atoms with Crippen molar-refractivity contribution in [2.24, 2.45) is 0 Å². The molecule has 0 saturated carbocycles. The smallest absolute Gasteiger partial charge is 0.146 e. The first kappa shape index (κ1) is 13.6. The largest absolute Gasteiger partial charge is 0.383 e. The van der Waals surface area contributed by atoms with E-state index in [-0.39, 0.29) is 6.04 Å². The van der Waals surface area contributed by atoms with E-state index in [1.807, 2.05) is 0 Å². The van der Waals surface area contributed by atoms with Gasteiger partial charge in [0, 0.05) is 5.69 Å². The van der Waals surface area contributed by atoms with Crippen LogP contribution in [0.1, 0.15) is 35.3 Å². The van der Waals surface area contributed by atoms with E-state index < -0.39 is 0 Å². The molecule has 2 aromatic heterocycles. The monoisotopic (exact) mass is 280 g/mol. The van der Waals surface area contributed by atoms with Crippen molar-refractivity contribution in [1.82, 2.24) is 14.5 Å². The van der Waals surface area contributed by atoms with Crippen LogP contribution in [0, 0.1) is 20.8 Å². The molecule has 0 spiro atoms. The second kappa shape index (κ2) is 4.88. The van der Waals surface area contributed by atoms with Gasteiger partial charge in [-0.15, -0.1) is 0 Å². The number of rotatable bonds is 2. The van der Waals surface area contributed by atoms with Crippen LogP contribution in [-0.2, 0) is 0 Å². The Balaban J connectivity index is 2.28. The van der Waals surface area contributed by atoms with Crippen molar-refractivity contribution < 1.29 is 0 Å². The number of fused-ring (bicyclic) bond motifs is 1. The van der Waals surface area contributed by atoms with Crippen molar-refractivity contribution in [2.75, 3.05) is 5.73 Å². The van der Waals surface area contributed by atoms with Crippen molar-refractivity contribution in [3.8, 4) is 0 Å². The Morgan fingerprint density at radius 1 is 1.10 bits per heavy atom. The summed E-state index contributed by atoms with van der Waals surface area (Å²) < 4.78 is 2.26. The van der Waals surface area contributed by atoms with Gasteiger partial charge in [0.1, 0.15) is 17.8 Å². The molecule has 1 unspecified atom stereocenters. The zero-order valence-electron chi connectivity index (χ0n) is 12.9. The molecule has 108 valence electrons. The van der Waals surface area contributed by atoms with Gasteiger partial charge in [0.2, 0.25) is 0 Å². The number of hydrogen-bond donors (Lipinski definition) is 1. The van der Waals surface area contributed by atoms with Crippen LogP contribution in [0.3, 0.4) is 0 Å². The molecule has 0 radical (unpaired) electrons. The lowest BCUT2D eigenvalue weighted by Gasteiger charge is -2.19. The highest BCUT2D eigenvalue weighted by Crippen LogP contribution is 2.32. The maximum Gasteiger partial charge on any atom is 0.146 e. The maximum atomic E-state index is 6.04. The van der Waals surface area contributed by atoms with Crippen molar-refractivity contribution >= 4 is 16.9 Å². The molecule has 0 fully saturated rings. The summed E-state index contributed by atoms with van der Waals surface area (Å²) in [6.45, 7) is 8.54. The molecular weight excluding hydrogens is 260 g/mol. The molecule has 2 N–H and O–H groups in total. The van der Waals surface area contributed by atoms with Gasteiger partial charge in [-0.05, 0) is 44.4 Å². The molecule has 3 rings (SSSR count). The third kappa shape index (κ3) is 1.98. The zero-order valence-corrected chi connectivity index (χ0v) is 12.9. The normalized spacial score (nSPS) is 12.8. The first-order chi connectivity index (χ1) is 10.0. The van der Waals surface area contributed by atoms with E-state index in [1.165, 1.54) is 23.1 Å². The standard InChI is InChI=1S/C17H20N4/c1-10-7-5-6-8-14(10)13(4)21-12(3)11(2)15-16(18)19-9-20-17(15)21/h5-9,13H,1-4H3,(H2,18,19,20). The van der Waals surface area contributed by atoms with Crippen LogP contribution in [0.5, 0.6) is 0 Å². The number of anilines is 1. The number of nitrogens with zero attached hydrogens (tertiary/aromatic N) is 3. The Kier molecular flexibility index (Phi) is 3.16. The summed E-state index contributed by atoms with van der Waals surface area (Å²) in [7, 11) is 0. The van der Waals surface area contributed by atoms with Crippen molar-refractivity contribution in [3.63, 3.8) is 0 Å². The van der Waals surface area contributed by atoms with E-state index in [0.29, 0.717) is 5.82 Å². The summed E-state index contributed by atoms with van der Waals surface area (Å²) in [5.41, 5.74) is 11.9. The Bertz CT molecular complexity index is 817. The molecular formula is C17H20N4. The lowest BCUT2D eigenvalue weighted by molar-refractivity contribution is 0.635. The van der Waals surface area contributed by atoms with E-state index in [0.717, 1.165) is 16.6 Å². The molecule has 21 heavy (non-hydrogen) atoms. The van der Waals surface area contributed by atoms with Crippen LogP contribution >= 0.6 is 0 Å². The average molecular weight is 280 g/mol. The molecule has 3 aromatic rings. The minimum absolute atomic E-state index is 0.205. The lowest BCUT2D eigenvalue weighted by atomic mass is 10.0. The molecule has 0 amide bonds. The van der Waals surface area contributed by atoms with E-state index >= 15 is 0 Å². The van der Waals surface area contributed by atoms with Gasteiger partial charge in [-0.3, -0.25) is 0 Å². The SMILES string of the molecule is Cc1ccccc1C(C)n1c(C)c(C)c2c(N)ncnc21. The summed E-state index contributed by atoms with van der Waals surface area (Å²) >= 11 is 0. The Hall–Kier alpha value is -2.36. The summed E-state index contributed by atoms with van der Waals surface area (Å²) in [6, 6.07) is 8.67. The summed E-state index contributed by atoms with van der Waals surface area (Å²) in [6.07, 6.45) is 1.54. The molecule has 0 saturated heterocycles. The summed E-state index contributed by atoms with van der Waals surface area (Å²) in [5, 5.41) is 0.968. The number of aryl methyl sites for hydroxylation is 2. The van der Waals surface area contributed by atoms with E-state index in [1.54, 1.807) is 0 Å². The minimum atomic E-state index is 0.205. The molecule has 1 atom stereocenters. The van der Waals surface area contributed by atoms with Crippen molar-refractivity contribution in [1.29, 1.82) is 0 Å². The number of benzene rings is 1. The summed E-state index contributed by atoms with van der Waals surface area (Å²) in [4.78, 5) is 8.60. The molecule has 0 aliphatic carbocycles. The zero-order chi connectivity index (χ0) is 15.1. The first-order valence-electron chi connectivity index (χ1n) is 7.15. The molecule has 0 aliphatic rings. The Labute approximate surface area is 124 Å². The van der Waals surface area contributed by atoms with Crippen LogP contribution in [0.4, 0.5) is 5.82 Å². The van der Waals surface area contributed by atoms with Crippen molar-refractivity contribution in [2.45, 2.75) is 33.7 Å². The van der Waals surface area contributed by atoms with Gasteiger partial charge in [0.05, 0.1) is 11.4 Å². The van der Waals surface area contributed by atoms with Crippen LogP contribution in [-0.4, -0.2) is 14.5 Å². The maximum absolute atomic E-state index is 6.04. The van der Waals surface area contributed by atoms with Crippen LogP contribution in [0.15, 0.2) is 30.6 Å². The van der Waals surface area contributed by atoms with Gasteiger partial charge in [0.25, 0.3) is 0 Å². The van der Waals surface area contributed by atoms with Gasteiger partial charge < -0.3 is 10.3 Å². The molecule has 0 aliphatic heterocycles. The quantitative estimate of drug-likeness (QED) is 0.781. The van der Waals surface area contributed by atoms with Gasteiger partial charge in [-0.1, -0.05) is 24.3 Å². The predicted molar refractivity (Wildman–Crippen MR) is 86.4 cm³/mol. The molecule has 0 bridgehead atoms. The fourth-order valence-electron chi connectivity index (χ4n) is 3.12. The molecule has 4 heteroatoms. The van der Waals surface area contributed by atoms with Crippen molar-refractivity contribution in [3.05, 3.63) is 53.0 Å². The van der Waals surface area contributed by atoms with Crippen LogP contribution in [0.2, 0.25) is 0 Å². The first-order valence-corrected chi connectivity index (χ1v) is 7.15. The highest BCUT2D eigenvalue weighted by atomic mass is 15.1. The fraction of sp³-hybridized carbons (Fsp3) is 0.294. The van der Waals surface area contributed by atoms with E-state index in [4.69, 9.17) is 5.73 Å². The highest BCUT2D eigenvalue weighted by molar-refractivity contribution is 5.91. The second-order valence-corrected chi connectivity index (χ2v) is 5.57. The van der Waals surface area contributed by atoms with Gasteiger partial charge in [-0.25, -0.2) is 9.97 Å². The highest BCUT2D eigenvalue weighted by Gasteiger charge is 2.20. The third-order valence-electron chi connectivity index (χ3n) is 4.39. The lowest BCUT2D eigenvalue weighted by Crippen LogP contribution is -2.10.